The highest BCUT2D eigenvalue weighted by Crippen LogP contribution is 2.23. The van der Waals surface area contributed by atoms with E-state index >= 15 is 0 Å². The van der Waals surface area contributed by atoms with Crippen molar-refractivity contribution in [3.63, 3.8) is 0 Å². The van der Waals surface area contributed by atoms with Crippen molar-refractivity contribution in [1.82, 2.24) is 19.5 Å². The number of nitrogens with one attached hydrogen (secondary N) is 1. The molecular formula is C25H26N4O2. The minimum Gasteiger partial charge on any atom is -0.352 e. The maximum Gasteiger partial charge on any atom is 0.277 e. The Bertz CT molecular complexity index is 1300. The second-order valence-electron chi connectivity index (χ2n) is 7.80. The number of amides is 1. The summed E-state index contributed by atoms with van der Waals surface area (Å²) >= 11 is 0. The molecule has 0 radical (unpaired) electrons. The van der Waals surface area contributed by atoms with Gasteiger partial charge in [0.25, 0.3) is 5.56 Å². The molecule has 0 aliphatic heterocycles. The van der Waals surface area contributed by atoms with Gasteiger partial charge in [0.15, 0.2) is 0 Å². The molecule has 0 fully saturated rings. The fraction of sp³-hybridized carbons (Fsp3) is 0.240. The van der Waals surface area contributed by atoms with Crippen LogP contribution in [0.25, 0.3) is 16.9 Å². The predicted octanol–water partition coefficient (Wildman–Crippen LogP) is 3.57. The molecular weight excluding hydrogens is 388 g/mol. The average molecular weight is 415 g/mol. The van der Waals surface area contributed by atoms with Crippen molar-refractivity contribution < 1.29 is 4.79 Å². The van der Waals surface area contributed by atoms with Crippen LogP contribution in [0.2, 0.25) is 0 Å². The van der Waals surface area contributed by atoms with Gasteiger partial charge in [-0.2, -0.15) is 9.61 Å². The van der Waals surface area contributed by atoms with E-state index in [9.17, 15) is 9.59 Å². The zero-order chi connectivity index (χ0) is 22.0. The van der Waals surface area contributed by atoms with Crippen LogP contribution >= 0.6 is 0 Å². The van der Waals surface area contributed by atoms with Crippen LogP contribution < -0.4 is 10.9 Å². The number of aryl methyl sites for hydroxylation is 2. The Balaban J connectivity index is 1.57. The molecule has 0 aliphatic rings. The highest BCUT2D eigenvalue weighted by Gasteiger charge is 2.17. The smallest absolute Gasteiger partial charge is 0.277 e. The summed E-state index contributed by atoms with van der Waals surface area (Å²) in [6, 6.07) is 19.7. The van der Waals surface area contributed by atoms with Gasteiger partial charge in [0, 0.05) is 42.9 Å². The van der Waals surface area contributed by atoms with Crippen LogP contribution in [0, 0.1) is 13.8 Å². The molecule has 0 atom stereocenters. The lowest BCUT2D eigenvalue weighted by Crippen LogP contribution is -2.27. The number of benzene rings is 2. The van der Waals surface area contributed by atoms with Gasteiger partial charge in [-0.05, 0) is 31.4 Å². The van der Waals surface area contributed by atoms with Crippen LogP contribution in [0.15, 0.2) is 65.5 Å². The quantitative estimate of drug-likeness (QED) is 0.525. The zero-order valence-corrected chi connectivity index (χ0v) is 18.1. The Kier molecular flexibility index (Phi) is 5.71. The lowest BCUT2D eigenvalue weighted by Gasteiger charge is -2.12. The van der Waals surface area contributed by atoms with Gasteiger partial charge in [-0.1, -0.05) is 54.6 Å². The summed E-state index contributed by atoms with van der Waals surface area (Å²) in [6.45, 7) is 4.43. The number of aromatic nitrogens is 3. The molecule has 0 saturated heterocycles. The first-order valence-corrected chi connectivity index (χ1v) is 10.4. The van der Waals surface area contributed by atoms with Crippen LogP contribution in [0.1, 0.15) is 28.8 Å². The maximum atomic E-state index is 13.2. The van der Waals surface area contributed by atoms with Crippen molar-refractivity contribution in [2.24, 2.45) is 7.05 Å². The van der Waals surface area contributed by atoms with E-state index in [1.54, 1.807) is 0 Å². The zero-order valence-electron chi connectivity index (χ0n) is 18.1. The van der Waals surface area contributed by atoms with Gasteiger partial charge < -0.3 is 9.88 Å². The summed E-state index contributed by atoms with van der Waals surface area (Å²) in [7, 11) is 1.92. The number of rotatable bonds is 6. The lowest BCUT2D eigenvalue weighted by atomic mass is 10.1. The molecule has 0 unspecified atom stereocenters. The Morgan fingerprint density at radius 1 is 1.03 bits per heavy atom. The fourth-order valence-electron chi connectivity index (χ4n) is 3.82. The number of carbonyl (C=O) groups is 1. The molecule has 0 bridgehead atoms. The van der Waals surface area contributed by atoms with Crippen LogP contribution in [0.4, 0.5) is 0 Å². The molecule has 31 heavy (non-hydrogen) atoms. The third-order valence-electron chi connectivity index (χ3n) is 5.78. The Morgan fingerprint density at radius 3 is 2.48 bits per heavy atom. The van der Waals surface area contributed by atoms with Crippen LogP contribution in [-0.2, 0) is 24.8 Å². The van der Waals surface area contributed by atoms with Gasteiger partial charge in [-0.15, -0.1) is 0 Å². The van der Waals surface area contributed by atoms with Gasteiger partial charge in [0.1, 0.15) is 5.65 Å². The van der Waals surface area contributed by atoms with Crippen molar-refractivity contribution >= 4 is 11.6 Å². The average Bonchev–Trinajstić information content (AvgIpc) is 3.23. The van der Waals surface area contributed by atoms with E-state index in [1.807, 2.05) is 86.1 Å². The molecule has 6 heteroatoms. The van der Waals surface area contributed by atoms with Gasteiger partial charge in [-0.3, -0.25) is 9.59 Å². The van der Waals surface area contributed by atoms with E-state index in [1.165, 1.54) is 4.52 Å². The van der Waals surface area contributed by atoms with Crippen molar-refractivity contribution in [3.8, 4) is 11.3 Å². The van der Waals surface area contributed by atoms with Gasteiger partial charge >= 0.3 is 0 Å². The van der Waals surface area contributed by atoms with Crippen molar-refractivity contribution in [2.45, 2.75) is 33.2 Å². The molecule has 2 aromatic heterocycles. The molecule has 1 amide bonds. The number of nitrogens with zero attached hydrogens (tertiary/aromatic N) is 3. The summed E-state index contributed by atoms with van der Waals surface area (Å²) in [5.74, 6) is -0.0773. The first-order valence-electron chi connectivity index (χ1n) is 10.4. The van der Waals surface area contributed by atoms with E-state index in [2.05, 4.69) is 10.4 Å². The normalized spacial score (nSPS) is 11.1. The third kappa shape index (κ3) is 4.14. The minimum atomic E-state index is -0.165. The van der Waals surface area contributed by atoms with Gasteiger partial charge in [0.05, 0.1) is 5.69 Å². The highest BCUT2D eigenvalue weighted by atomic mass is 16.1. The highest BCUT2D eigenvalue weighted by molar-refractivity contribution is 5.76. The van der Waals surface area contributed by atoms with Gasteiger partial charge in [-0.25, -0.2) is 0 Å². The van der Waals surface area contributed by atoms with Crippen LogP contribution in [0.5, 0.6) is 0 Å². The summed E-state index contributed by atoms with van der Waals surface area (Å²) < 4.78 is 3.42. The Hall–Kier alpha value is -3.67. The summed E-state index contributed by atoms with van der Waals surface area (Å²) in [5, 5.41) is 7.51. The molecule has 0 aliphatic carbocycles. The van der Waals surface area contributed by atoms with Crippen molar-refractivity contribution in [2.75, 3.05) is 0 Å². The van der Waals surface area contributed by atoms with E-state index in [0.29, 0.717) is 18.5 Å². The second-order valence-corrected chi connectivity index (χ2v) is 7.80. The number of fused-ring (bicyclic) bond motifs is 1. The number of hydrogen-bond donors (Lipinski definition) is 1. The van der Waals surface area contributed by atoms with E-state index in [-0.39, 0.29) is 17.9 Å². The molecule has 4 rings (SSSR count). The predicted molar refractivity (Wildman–Crippen MR) is 122 cm³/mol. The van der Waals surface area contributed by atoms with E-state index in [4.69, 9.17) is 0 Å². The fourth-order valence-corrected chi connectivity index (χ4v) is 3.82. The summed E-state index contributed by atoms with van der Waals surface area (Å²) in [4.78, 5) is 25.5. The van der Waals surface area contributed by atoms with Crippen molar-refractivity contribution in [1.29, 1.82) is 0 Å². The molecule has 6 nitrogen and oxygen atoms in total. The first kappa shape index (κ1) is 20.6. The molecule has 0 spiro atoms. The number of hydrogen-bond acceptors (Lipinski definition) is 3. The third-order valence-corrected chi connectivity index (χ3v) is 5.78. The van der Waals surface area contributed by atoms with E-state index < -0.39 is 0 Å². The molecule has 1 N–H and O–H groups in total. The largest absolute Gasteiger partial charge is 0.352 e. The maximum absolute atomic E-state index is 13.2. The molecule has 0 saturated carbocycles. The SMILES string of the molecule is Cc1ccccc1-c1cc2n(C)c(C)c(CCC(=O)NCc3ccccc3)c(=O)n2n1. The topological polar surface area (TPSA) is 68.4 Å². The second kappa shape index (κ2) is 8.60. The first-order chi connectivity index (χ1) is 15.0. The summed E-state index contributed by atoms with van der Waals surface area (Å²) in [5.41, 5.74) is 5.96. The van der Waals surface area contributed by atoms with Crippen molar-refractivity contribution in [3.05, 3.63) is 93.4 Å². The monoisotopic (exact) mass is 414 g/mol. The molecule has 2 aromatic carbocycles. The lowest BCUT2D eigenvalue weighted by molar-refractivity contribution is -0.121. The molecule has 2 heterocycles. The van der Waals surface area contributed by atoms with Crippen LogP contribution in [0.3, 0.4) is 0 Å². The molecule has 4 aromatic rings. The summed E-state index contributed by atoms with van der Waals surface area (Å²) in [6.07, 6.45) is 0.620. The minimum absolute atomic E-state index is 0.0773. The Labute approximate surface area is 181 Å². The number of carbonyl (C=O) groups excluding carboxylic acids is 1. The van der Waals surface area contributed by atoms with Gasteiger partial charge in [0.2, 0.25) is 5.91 Å². The Morgan fingerprint density at radius 2 is 1.74 bits per heavy atom. The molecule has 158 valence electrons. The van der Waals surface area contributed by atoms with E-state index in [0.717, 1.165) is 33.7 Å². The van der Waals surface area contributed by atoms with Crippen LogP contribution in [-0.4, -0.2) is 20.1 Å². The standard InChI is InChI=1S/C25H26N4O2/c1-17-9-7-8-12-20(17)22-15-24-28(3)18(2)21(25(31)29(24)27-22)13-14-23(30)26-16-19-10-5-4-6-11-19/h4-12,15H,13-14,16H2,1-3H3,(H,26,30).